The van der Waals surface area contributed by atoms with Gasteiger partial charge in [0, 0.05) is 23.2 Å². The van der Waals surface area contributed by atoms with Crippen LogP contribution in [0.3, 0.4) is 0 Å². The Morgan fingerprint density at radius 3 is 2.88 bits per heavy atom. The molecule has 1 aliphatic carbocycles. The molecule has 1 N–H and O–H groups in total. The summed E-state index contributed by atoms with van der Waals surface area (Å²) in [4.78, 5) is 10.3. The van der Waals surface area contributed by atoms with Crippen molar-refractivity contribution >= 4 is 21.6 Å². The summed E-state index contributed by atoms with van der Waals surface area (Å²) < 4.78 is 0.918. The summed E-state index contributed by atoms with van der Waals surface area (Å²) in [5, 5.41) is 13.9. The molecule has 0 atom stereocenters. The monoisotopic (exact) mass is 284 g/mol. The molecule has 16 heavy (non-hydrogen) atoms. The molecule has 0 unspecified atom stereocenters. The van der Waals surface area contributed by atoms with Gasteiger partial charge >= 0.3 is 0 Å². The lowest BCUT2D eigenvalue weighted by Crippen LogP contribution is -2.16. The molecule has 2 rings (SSSR count). The number of halogens is 1. The van der Waals surface area contributed by atoms with Gasteiger partial charge in [0.1, 0.15) is 0 Å². The molecular weight excluding hydrogens is 272 g/mol. The van der Waals surface area contributed by atoms with Crippen LogP contribution in [0.25, 0.3) is 0 Å². The summed E-state index contributed by atoms with van der Waals surface area (Å²) in [7, 11) is 0. The minimum Gasteiger partial charge on any atom is -0.312 e. The predicted octanol–water partition coefficient (Wildman–Crippen LogP) is 2.86. The first kappa shape index (κ1) is 11.5. The van der Waals surface area contributed by atoms with E-state index in [4.69, 9.17) is 0 Å². The maximum Gasteiger partial charge on any atom is 0.269 e. The number of non-ortho nitro benzene ring substituents is 1. The molecule has 0 aliphatic heterocycles. The molecule has 1 fully saturated rings. The van der Waals surface area contributed by atoms with Crippen molar-refractivity contribution in [2.45, 2.75) is 19.4 Å². The van der Waals surface area contributed by atoms with E-state index in [1.807, 2.05) is 0 Å². The number of rotatable bonds is 5. The highest BCUT2D eigenvalue weighted by Gasteiger charge is 2.20. The standard InChI is InChI=1S/C11H13BrN2O2/c12-11-4-3-10(14(15)16)5-9(11)7-13-6-8-1-2-8/h3-5,8,13H,1-2,6-7H2. The third kappa shape index (κ3) is 3.02. The molecule has 0 amide bonds. The van der Waals surface area contributed by atoms with Gasteiger partial charge in [-0.2, -0.15) is 0 Å². The molecule has 1 aromatic rings. The summed E-state index contributed by atoms with van der Waals surface area (Å²) in [5.41, 5.74) is 1.08. The smallest absolute Gasteiger partial charge is 0.269 e. The van der Waals surface area contributed by atoms with Crippen molar-refractivity contribution in [3.8, 4) is 0 Å². The molecule has 0 bridgehead atoms. The van der Waals surface area contributed by atoms with Gasteiger partial charge < -0.3 is 5.32 Å². The van der Waals surface area contributed by atoms with Crippen molar-refractivity contribution in [3.63, 3.8) is 0 Å². The van der Waals surface area contributed by atoms with Crippen molar-refractivity contribution in [2.24, 2.45) is 5.92 Å². The minimum absolute atomic E-state index is 0.145. The molecule has 1 aliphatic rings. The Hall–Kier alpha value is -0.940. The molecule has 0 heterocycles. The first-order valence-electron chi connectivity index (χ1n) is 5.30. The van der Waals surface area contributed by atoms with Crippen molar-refractivity contribution in [2.75, 3.05) is 6.54 Å². The van der Waals surface area contributed by atoms with E-state index in [2.05, 4.69) is 21.2 Å². The molecule has 1 aromatic carbocycles. The third-order valence-corrected chi connectivity index (χ3v) is 3.46. The van der Waals surface area contributed by atoms with Crippen molar-refractivity contribution in [3.05, 3.63) is 38.3 Å². The number of hydrogen-bond donors (Lipinski definition) is 1. The Bertz CT molecular complexity index is 405. The van der Waals surface area contributed by atoms with E-state index < -0.39 is 0 Å². The number of nitro groups is 1. The second-order valence-corrected chi connectivity index (χ2v) is 4.96. The first-order chi connectivity index (χ1) is 7.66. The summed E-state index contributed by atoms with van der Waals surface area (Å²) in [6.07, 6.45) is 2.62. The highest BCUT2D eigenvalue weighted by atomic mass is 79.9. The van der Waals surface area contributed by atoms with Crippen LogP contribution in [0.5, 0.6) is 0 Å². The second-order valence-electron chi connectivity index (χ2n) is 4.11. The molecule has 0 spiro atoms. The van der Waals surface area contributed by atoms with Gasteiger partial charge in [0.25, 0.3) is 5.69 Å². The van der Waals surface area contributed by atoms with Gasteiger partial charge in [-0.3, -0.25) is 10.1 Å². The fourth-order valence-corrected chi connectivity index (χ4v) is 1.93. The van der Waals surface area contributed by atoms with E-state index in [-0.39, 0.29) is 10.6 Å². The van der Waals surface area contributed by atoms with Gasteiger partial charge in [0.2, 0.25) is 0 Å². The number of nitrogens with zero attached hydrogens (tertiary/aromatic N) is 1. The second kappa shape index (κ2) is 4.93. The van der Waals surface area contributed by atoms with Gasteiger partial charge in [-0.25, -0.2) is 0 Å². The lowest BCUT2D eigenvalue weighted by molar-refractivity contribution is -0.384. The lowest BCUT2D eigenvalue weighted by atomic mass is 10.2. The van der Waals surface area contributed by atoms with Crippen LogP contribution in [-0.4, -0.2) is 11.5 Å². The quantitative estimate of drug-likeness (QED) is 0.668. The fraction of sp³-hybridized carbons (Fsp3) is 0.455. The van der Waals surface area contributed by atoms with Crippen LogP contribution >= 0.6 is 15.9 Å². The molecular formula is C11H13BrN2O2. The summed E-state index contributed by atoms with van der Waals surface area (Å²) >= 11 is 3.40. The maximum atomic E-state index is 10.6. The van der Waals surface area contributed by atoms with E-state index in [9.17, 15) is 10.1 Å². The average molecular weight is 285 g/mol. The molecule has 0 aromatic heterocycles. The zero-order valence-electron chi connectivity index (χ0n) is 8.78. The molecule has 0 saturated heterocycles. The van der Waals surface area contributed by atoms with E-state index >= 15 is 0 Å². The van der Waals surface area contributed by atoms with Crippen molar-refractivity contribution in [1.29, 1.82) is 0 Å². The Balaban J connectivity index is 1.99. The zero-order valence-corrected chi connectivity index (χ0v) is 10.4. The van der Waals surface area contributed by atoms with Crippen LogP contribution < -0.4 is 5.32 Å². The van der Waals surface area contributed by atoms with Gasteiger partial charge in [-0.1, -0.05) is 15.9 Å². The molecule has 86 valence electrons. The van der Waals surface area contributed by atoms with Crippen molar-refractivity contribution < 1.29 is 4.92 Å². The molecule has 1 saturated carbocycles. The predicted molar refractivity (Wildman–Crippen MR) is 65.2 cm³/mol. The van der Waals surface area contributed by atoms with Crippen LogP contribution in [0.2, 0.25) is 0 Å². The topological polar surface area (TPSA) is 55.2 Å². The van der Waals surface area contributed by atoms with Crippen LogP contribution in [0.4, 0.5) is 5.69 Å². The van der Waals surface area contributed by atoms with E-state index in [0.29, 0.717) is 6.54 Å². The molecule has 0 radical (unpaired) electrons. The number of nitro benzene ring substituents is 1. The van der Waals surface area contributed by atoms with E-state index in [1.165, 1.54) is 18.9 Å². The SMILES string of the molecule is O=[N+]([O-])c1ccc(Br)c(CNCC2CC2)c1. The first-order valence-corrected chi connectivity index (χ1v) is 6.09. The third-order valence-electron chi connectivity index (χ3n) is 2.69. The minimum atomic E-state index is -0.364. The summed E-state index contributed by atoms with van der Waals surface area (Å²) in [6.45, 7) is 1.69. The average Bonchev–Trinajstić information content (AvgIpc) is 3.04. The van der Waals surface area contributed by atoms with Crippen LogP contribution in [0.1, 0.15) is 18.4 Å². The summed E-state index contributed by atoms with van der Waals surface area (Å²) in [5.74, 6) is 0.817. The highest BCUT2D eigenvalue weighted by Crippen LogP contribution is 2.28. The van der Waals surface area contributed by atoms with Crippen LogP contribution in [0, 0.1) is 16.0 Å². The van der Waals surface area contributed by atoms with Gasteiger partial charge in [0.15, 0.2) is 0 Å². The zero-order chi connectivity index (χ0) is 11.5. The van der Waals surface area contributed by atoms with E-state index in [1.54, 1.807) is 12.1 Å². The van der Waals surface area contributed by atoms with Gasteiger partial charge in [-0.15, -0.1) is 0 Å². The van der Waals surface area contributed by atoms with Gasteiger partial charge in [-0.05, 0) is 36.9 Å². The number of nitrogens with one attached hydrogen (secondary N) is 1. The Morgan fingerprint density at radius 1 is 1.50 bits per heavy atom. The molecule has 5 heteroatoms. The van der Waals surface area contributed by atoms with E-state index in [0.717, 1.165) is 22.5 Å². The normalized spacial score (nSPS) is 15.1. The fourth-order valence-electron chi connectivity index (χ4n) is 1.54. The summed E-state index contributed by atoms with van der Waals surface area (Å²) in [6, 6.07) is 4.85. The Morgan fingerprint density at radius 2 is 2.25 bits per heavy atom. The Labute approximate surface area is 102 Å². The van der Waals surface area contributed by atoms with Crippen molar-refractivity contribution in [1.82, 2.24) is 5.32 Å². The van der Waals surface area contributed by atoms with Crippen LogP contribution in [-0.2, 0) is 6.54 Å². The van der Waals surface area contributed by atoms with Gasteiger partial charge in [0.05, 0.1) is 4.92 Å². The number of benzene rings is 1. The van der Waals surface area contributed by atoms with Crippen LogP contribution in [0.15, 0.2) is 22.7 Å². The number of hydrogen-bond acceptors (Lipinski definition) is 3. The largest absolute Gasteiger partial charge is 0.312 e. The highest BCUT2D eigenvalue weighted by molar-refractivity contribution is 9.10. The Kier molecular flexibility index (Phi) is 3.56. The molecule has 4 nitrogen and oxygen atoms in total. The lowest BCUT2D eigenvalue weighted by Gasteiger charge is -2.06. The maximum absolute atomic E-state index is 10.6.